The van der Waals surface area contributed by atoms with Crippen LogP contribution in [0.5, 0.6) is 5.75 Å². The molecule has 34 heavy (non-hydrogen) atoms. The number of nitrogens with zero attached hydrogens (tertiary/aromatic N) is 2. The van der Waals surface area contributed by atoms with Gasteiger partial charge in [-0.15, -0.1) is 0 Å². The van der Waals surface area contributed by atoms with Gasteiger partial charge in [-0.2, -0.15) is 0 Å². The zero-order valence-electron chi connectivity index (χ0n) is 20.5. The van der Waals surface area contributed by atoms with Crippen molar-refractivity contribution in [1.29, 1.82) is 0 Å². The lowest BCUT2D eigenvalue weighted by Gasteiger charge is -2.30. The van der Waals surface area contributed by atoms with Crippen LogP contribution in [-0.4, -0.2) is 53.6 Å². The van der Waals surface area contributed by atoms with Crippen molar-refractivity contribution in [3.8, 4) is 5.75 Å². The van der Waals surface area contributed by atoms with Crippen molar-refractivity contribution in [2.24, 2.45) is 0 Å². The molecular weight excluding hydrogens is 428 g/mol. The standard InChI is InChI=1S/C27H34N4O3/c1-5-30-14-6-7-23(30)17-31(27(33)28-22-10-12-24(34-4)13-11-22)16-21-15-20-9-8-18(2)19(3)25(20)29-26(21)32/h8-13,15,23H,5-7,14,16-17H2,1-4H3,(H,28,33)(H,29,32)/t23-/m1/s1. The second-order valence-electron chi connectivity index (χ2n) is 9.06. The van der Waals surface area contributed by atoms with E-state index in [4.69, 9.17) is 4.74 Å². The van der Waals surface area contributed by atoms with Crippen LogP contribution in [0.15, 0.2) is 47.3 Å². The Morgan fingerprint density at radius 1 is 1.21 bits per heavy atom. The third-order valence-electron chi connectivity index (χ3n) is 6.95. The lowest BCUT2D eigenvalue weighted by atomic mass is 10.0. The van der Waals surface area contributed by atoms with Crippen LogP contribution < -0.4 is 15.6 Å². The van der Waals surface area contributed by atoms with Gasteiger partial charge >= 0.3 is 6.03 Å². The first-order valence-electron chi connectivity index (χ1n) is 12.0. The van der Waals surface area contributed by atoms with Crippen molar-refractivity contribution in [1.82, 2.24) is 14.8 Å². The van der Waals surface area contributed by atoms with Crippen LogP contribution in [0.4, 0.5) is 10.5 Å². The Bertz CT molecular complexity index is 1220. The fourth-order valence-corrected chi connectivity index (χ4v) is 4.76. The Hall–Kier alpha value is -3.32. The molecule has 2 N–H and O–H groups in total. The molecule has 1 aliphatic heterocycles. The van der Waals surface area contributed by atoms with E-state index >= 15 is 0 Å². The van der Waals surface area contributed by atoms with Crippen molar-refractivity contribution in [2.45, 2.75) is 46.2 Å². The third kappa shape index (κ3) is 5.09. The molecule has 0 radical (unpaired) electrons. The summed E-state index contributed by atoms with van der Waals surface area (Å²) in [6, 6.07) is 13.3. The average Bonchev–Trinajstić information content (AvgIpc) is 3.29. The molecule has 2 aromatic carbocycles. The van der Waals surface area contributed by atoms with E-state index in [0.717, 1.165) is 53.7 Å². The van der Waals surface area contributed by atoms with Gasteiger partial charge in [0.2, 0.25) is 0 Å². The number of likely N-dealkylation sites (N-methyl/N-ethyl adjacent to an activating group) is 1. The number of nitrogens with one attached hydrogen (secondary N) is 2. The zero-order chi connectivity index (χ0) is 24.2. The van der Waals surface area contributed by atoms with Crippen LogP contribution in [0.25, 0.3) is 10.9 Å². The molecule has 7 nitrogen and oxygen atoms in total. The molecule has 3 aromatic rings. The summed E-state index contributed by atoms with van der Waals surface area (Å²) < 4.78 is 5.21. The smallest absolute Gasteiger partial charge is 0.322 e. The van der Waals surface area contributed by atoms with Gasteiger partial charge in [0.1, 0.15) is 5.75 Å². The highest BCUT2D eigenvalue weighted by Crippen LogP contribution is 2.22. The summed E-state index contributed by atoms with van der Waals surface area (Å²) in [5.41, 5.74) is 4.19. The van der Waals surface area contributed by atoms with Crippen molar-refractivity contribution in [3.63, 3.8) is 0 Å². The van der Waals surface area contributed by atoms with Crippen molar-refractivity contribution >= 4 is 22.6 Å². The van der Waals surface area contributed by atoms with Gasteiger partial charge in [0, 0.05) is 23.8 Å². The maximum Gasteiger partial charge on any atom is 0.322 e. The predicted octanol–water partition coefficient (Wildman–Crippen LogP) is 4.67. The van der Waals surface area contributed by atoms with Crippen LogP contribution in [0.1, 0.15) is 36.5 Å². The molecule has 4 rings (SSSR count). The number of hydrogen-bond acceptors (Lipinski definition) is 4. The lowest BCUT2D eigenvalue weighted by molar-refractivity contribution is 0.174. The maximum atomic E-state index is 13.4. The summed E-state index contributed by atoms with van der Waals surface area (Å²) >= 11 is 0. The minimum Gasteiger partial charge on any atom is -0.497 e. The number of aromatic amines is 1. The molecule has 1 saturated heterocycles. The summed E-state index contributed by atoms with van der Waals surface area (Å²) in [7, 11) is 1.61. The summed E-state index contributed by atoms with van der Waals surface area (Å²) in [4.78, 5) is 33.6. The Labute approximate surface area is 200 Å². The quantitative estimate of drug-likeness (QED) is 0.535. The summed E-state index contributed by atoms with van der Waals surface area (Å²) in [5.74, 6) is 0.729. The number of aromatic nitrogens is 1. The summed E-state index contributed by atoms with van der Waals surface area (Å²) in [6.45, 7) is 9.01. The first-order valence-corrected chi connectivity index (χ1v) is 12.0. The Morgan fingerprint density at radius 2 is 1.97 bits per heavy atom. The number of methoxy groups -OCH3 is 1. The van der Waals surface area contributed by atoms with E-state index in [9.17, 15) is 9.59 Å². The van der Waals surface area contributed by atoms with Crippen molar-refractivity contribution in [3.05, 3.63) is 69.5 Å². The largest absolute Gasteiger partial charge is 0.497 e. The van der Waals surface area contributed by atoms with E-state index in [2.05, 4.69) is 28.2 Å². The number of H-pyrrole nitrogens is 1. The fourth-order valence-electron chi connectivity index (χ4n) is 4.76. The molecule has 7 heteroatoms. The molecule has 0 spiro atoms. The van der Waals surface area contributed by atoms with Gasteiger partial charge in [-0.25, -0.2) is 4.79 Å². The number of benzene rings is 2. The Balaban J connectivity index is 1.62. The number of urea groups is 1. The van der Waals surface area contributed by atoms with E-state index in [1.54, 1.807) is 12.0 Å². The molecule has 1 atom stereocenters. The molecule has 0 saturated carbocycles. The molecule has 0 bridgehead atoms. The molecule has 0 aliphatic carbocycles. The number of fused-ring (bicyclic) bond motifs is 1. The van der Waals surface area contributed by atoms with Crippen LogP contribution >= 0.6 is 0 Å². The monoisotopic (exact) mass is 462 g/mol. The molecule has 2 heterocycles. The zero-order valence-corrected chi connectivity index (χ0v) is 20.5. The van der Waals surface area contributed by atoms with E-state index in [1.807, 2.05) is 50.2 Å². The number of carbonyl (C=O) groups is 1. The normalized spacial score (nSPS) is 16.1. The van der Waals surface area contributed by atoms with Crippen LogP contribution in [0, 0.1) is 13.8 Å². The summed E-state index contributed by atoms with van der Waals surface area (Å²) in [5, 5.41) is 3.97. The highest BCUT2D eigenvalue weighted by molar-refractivity contribution is 5.89. The molecule has 1 aliphatic rings. The number of pyridine rings is 1. The van der Waals surface area contributed by atoms with Crippen molar-refractivity contribution in [2.75, 3.05) is 32.1 Å². The number of rotatable bonds is 7. The Morgan fingerprint density at radius 3 is 2.68 bits per heavy atom. The topological polar surface area (TPSA) is 77.7 Å². The van der Waals surface area contributed by atoms with Gasteiger partial charge in [0.05, 0.1) is 19.2 Å². The number of ether oxygens (including phenoxy) is 1. The first kappa shape index (κ1) is 23.8. The van der Waals surface area contributed by atoms with Crippen LogP contribution in [0.2, 0.25) is 0 Å². The van der Waals surface area contributed by atoms with E-state index < -0.39 is 0 Å². The van der Waals surface area contributed by atoms with Gasteiger partial charge in [0.25, 0.3) is 5.56 Å². The molecule has 180 valence electrons. The van der Waals surface area contributed by atoms with Gasteiger partial charge in [0.15, 0.2) is 0 Å². The molecular formula is C27H34N4O3. The van der Waals surface area contributed by atoms with E-state index in [-0.39, 0.29) is 24.2 Å². The molecule has 1 aromatic heterocycles. The highest BCUT2D eigenvalue weighted by Gasteiger charge is 2.28. The average molecular weight is 463 g/mol. The number of aryl methyl sites for hydroxylation is 2. The van der Waals surface area contributed by atoms with Crippen molar-refractivity contribution < 1.29 is 9.53 Å². The number of carbonyl (C=O) groups excluding carboxylic acids is 1. The maximum absolute atomic E-state index is 13.4. The highest BCUT2D eigenvalue weighted by atomic mass is 16.5. The number of anilines is 1. The second-order valence-corrected chi connectivity index (χ2v) is 9.06. The fraction of sp³-hybridized carbons (Fsp3) is 0.407. The van der Waals surface area contributed by atoms with Gasteiger partial charge < -0.3 is 19.9 Å². The van der Waals surface area contributed by atoms with E-state index in [0.29, 0.717) is 17.8 Å². The van der Waals surface area contributed by atoms with Crippen LogP contribution in [-0.2, 0) is 6.54 Å². The van der Waals surface area contributed by atoms with Gasteiger partial charge in [-0.05, 0) is 86.6 Å². The van der Waals surface area contributed by atoms with Crippen LogP contribution in [0.3, 0.4) is 0 Å². The molecule has 0 unspecified atom stereocenters. The van der Waals surface area contributed by atoms with E-state index in [1.165, 1.54) is 0 Å². The SMILES string of the molecule is CCN1CCC[C@@H]1CN(Cc1cc2ccc(C)c(C)c2[nH]c1=O)C(=O)Nc1ccc(OC)cc1. The summed E-state index contributed by atoms with van der Waals surface area (Å²) in [6.07, 6.45) is 2.17. The Kier molecular flexibility index (Phi) is 7.22. The molecule has 1 fully saturated rings. The number of hydrogen-bond donors (Lipinski definition) is 2. The lowest BCUT2D eigenvalue weighted by Crippen LogP contribution is -2.45. The second kappa shape index (κ2) is 10.3. The number of amides is 2. The minimum atomic E-state index is -0.215. The third-order valence-corrected chi connectivity index (χ3v) is 6.95. The number of likely N-dealkylation sites (tertiary alicyclic amines) is 1. The minimum absolute atomic E-state index is 0.151. The van der Waals surface area contributed by atoms with Gasteiger partial charge in [-0.3, -0.25) is 9.69 Å². The predicted molar refractivity (Wildman–Crippen MR) is 137 cm³/mol. The van der Waals surface area contributed by atoms with Gasteiger partial charge in [-0.1, -0.05) is 19.1 Å². The first-order chi connectivity index (χ1) is 16.4. The molecule has 2 amide bonds.